The van der Waals surface area contributed by atoms with Gasteiger partial charge in [0, 0.05) is 0 Å². The topological polar surface area (TPSA) is 0 Å². The quantitative estimate of drug-likeness (QED) is 0.161. The molecule has 0 unspecified atom stereocenters. The summed E-state index contributed by atoms with van der Waals surface area (Å²) >= 11 is 0. The maximum atomic E-state index is 2.47. The second-order valence-electron chi connectivity index (χ2n) is 17.0. The molecule has 9 rings (SSSR count). The van der Waals surface area contributed by atoms with Crippen LogP contribution >= 0.6 is 0 Å². The summed E-state index contributed by atoms with van der Waals surface area (Å²) < 4.78 is 0. The van der Waals surface area contributed by atoms with Crippen LogP contribution in [0.15, 0.2) is 170 Å². The number of fused-ring (bicyclic) bond motifs is 4. The van der Waals surface area contributed by atoms with Crippen molar-refractivity contribution in [3.8, 4) is 44.5 Å². The minimum Gasteiger partial charge on any atom is -0.0616 e. The standard InChI is InChI=1S/C54H46/c1-53(2,3)43-27-29-48-49(33-43)51(47-28-26-44(54(4,5)6)34-50(47)52(48)42-25-24-35-14-7-8-16-37(35)31-42)41-21-12-19-39(32-41)38-18-11-20-40(30-38)46-23-13-17-36-15-9-10-22-45(36)46/h7-34H,1-6H3. The van der Waals surface area contributed by atoms with Crippen molar-refractivity contribution >= 4 is 43.1 Å². The molecule has 0 aliphatic carbocycles. The number of benzene rings is 9. The first-order chi connectivity index (χ1) is 26.0. The van der Waals surface area contributed by atoms with Gasteiger partial charge in [0.15, 0.2) is 0 Å². The highest BCUT2D eigenvalue weighted by Gasteiger charge is 2.23. The molecule has 54 heavy (non-hydrogen) atoms. The van der Waals surface area contributed by atoms with Gasteiger partial charge in [-0.2, -0.15) is 0 Å². The molecular formula is C54H46. The van der Waals surface area contributed by atoms with Crippen molar-refractivity contribution in [2.24, 2.45) is 0 Å². The SMILES string of the molecule is CC(C)(C)c1ccc2c(-c3ccc4ccccc4c3)c3cc(C(C)(C)C)ccc3c(-c3cccc(-c4cccc(-c5cccc6ccccc56)c4)c3)c2c1. The van der Waals surface area contributed by atoms with Gasteiger partial charge >= 0.3 is 0 Å². The second-order valence-corrected chi connectivity index (χ2v) is 17.0. The molecule has 0 nitrogen and oxygen atoms in total. The smallest absolute Gasteiger partial charge is 0.00260 e. The Morgan fingerprint density at radius 3 is 1.39 bits per heavy atom. The third kappa shape index (κ3) is 5.97. The van der Waals surface area contributed by atoms with Crippen LogP contribution in [-0.4, -0.2) is 0 Å². The number of hydrogen-bond acceptors (Lipinski definition) is 0. The Bertz CT molecular complexity index is 2880. The largest absolute Gasteiger partial charge is 0.0616 e. The average molecular weight is 695 g/mol. The van der Waals surface area contributed by atoms with Crippen molar-refractivity contribution in [1.29, 1.82) is 0 Å². The average Bonchev–Trinajstić information content (AvgIpc) is 3.18. The lowest BCUT2D eigenvalue weighted by molar-refractivity contribution is 0.590. The van der Waals surface area contributed by atoms with Crippen molar-refractivity contribution in [2.45, 2.75) is 52.4 Å². The van der Waals surface area contributed by atoms with E-state index >= 15 is 0 Å². The van der Waals surface area contributed by atoms with E-state index in [9.17, 15) is 0 Å². The molecule has 0 fully saturated rings. The Morgan fingerprint density at radius 2 is 0.759 bits per heavy atom. The van der Waals surface area contributed by atoms with Crippen LogP contribution in [-0.2, 0) is 10.8 Å². The summed E-state index contributed by atoms with van der Waals surface area (Å²) in [6.45, 7) is 13.9. The van der Waals surface area contributed by atoms with Crippen LogP contribution in [0.1, 0.15) is 52.7 Å². The van der Waals surface area contributed by atoms with Crippen LogP contribution in [0.5, 0.6) is 0 Å². The van der Waals surface area contributed by atoms with Gasteiger partial charge in [0.05, 0.1) is 0 Å². The summed E-state index contributed by atoms with van der Waals surface area (Å²) in [5, 5.41) is 10.2. The first kappa shape index (κ1) is 33.8. The minimum atomic E-state index is 0.00349. The molecule has 0 heterocycles. The Morgan fingerprint density at radius 1 is 0.278 bits per heavy atom. The molecule has 0 saturated heterocycles. The molecule has 9 aromatic rings. The summed E-state index contributed by atoms with van der Waals surface area (Å²) in [6, 6.07) is 63.7. The summed E-state index contributed by atoms with van der Waals surface area (Å²) in [4.78, 5) is 0. The Hall–Kier alpha value is -5.98. The zero-order chi connectivity index (χ0) is 37.2. The molecule has 0 spiro atoms. The minimum absolute atomic E-state index is 0.00349. The summed E-state index contributed by atoms with van der Waals surface area (Å²) in [6.07, 6.45) is 0. The molecule has 0 N–H and O–H groups in total. The van der Waals surface area contributed by atoms with Gasteiger partial charge in [-0.25, -0.2) is 0 Å². The highest BCUT2D eigenvalue weighted by molar-refractivity contribution is 6.22. The summed E-state index contributed by atoms with van der Waals surface area (Å²) in [5.74, 6) is 0. The third-order valence-electron chi connectivity index (χ3n) is 11.3. The van der Waals surface area contributed by atoms with Crippen LogP contribution in [0.25, 0.3) is 87.6 Å². The van der Waals surface area contributed by atoms with E-state index in [4.69, 9.17) is 0 Å². The molecule has 0 aromatic heterocycles. The summed E-state index contributed by atoms with van der Waals surface area (Å²) in [7, 11) is 0. The van der Waals surface area contributed by atoms with Crippen molar-refractivity contribution in [3.05, 3.63) is 181 Å². The van der Waals surface area contributed by atoms with Gasteiger partial charge in [-0.05, 0) is 140 Å². The summed E-state index contributed by atoms with van der Waals surface area (Å²) in [5.41, 5.74) is 12.7. The molecule has 0 saturated carbocycles. The van der Waals surface area contributed by atoms with Crippen LogP contribution in [0.2, 0.25) is 0 Å². The lowest BCUT2D eigenvalue weighted by Crippen LogP contribution is -2.11. The fourth-order valence-corrected chi connectivity index (χ4v) is 8.33. The maximum absolute atomic E-state index is 2.47. The monoisotopic (exact) mass is 694 g/mol. The van der Waals surface area contributed by atoms with Gasteiger partial charge in [0.2, 0.25) is 0 Å². The fourth-order valence-electron chi connectivity index (χ4n) is 8.33. The van der Waals surface area contributed by atoms with Crippen molar-refractivity contribution in [1.82, 2.24) is 0 Å². The lowest BCUT2D eigenvalue weighted by atomic mass is 9.79. The van der Waals surface area contributed by atoms with Crippen LogP contribution in [0.3, 0.4) is 0 Å². The molecular weight excluding hydrogens is 649 g/mol. The van der Waals surface area contributed by atoms with E-state index < -0.39 is 0 Å². The van der Waals surface area contributed by atoms with Gasteiger partial charge in [-0.15, -0.1) is 0 Å². The molecule has 0 aliphatic heterocycles. The molecule has 9 aromatic carbocycles. The van der Waals surface area contributed by atoms with E-state index in [2.05, 4.69) is 211 Å². The Balaban J connectivity index is 1.31. The van der Waals surface area contributed by atoms with Gasteiger partial charge < -0.3 is 0 Å². The predicted molar refractivity (Wildman–Crippen MR) is 236 cm³/mol. The zero-order valence-corrected chi connectivity index (χ0v) is 32.2. The molecule has 262 valence electrons. The van der Waals surface area contributed by atoms with E-state index in [1.807, 2.05) is 0 Å². The Labute approximate surface area is 319 Å². The molecule has 0 atom stereocenters. The normalized spacial score (nSPS) is 12.3. The highest BCUT2D eigenvalue weighted by atomic mass is 14.3. The molecule has 0 heteroatoms. The predicted octanol–water partition coefficient (Wildman–Crippen LogP) is 15.6. The first-order valence-electron chi connectivity index (χ1n) is 19.3. The zero-order valence-electron chi connectivity index (χ0n) is 32.2. The van der Waals surface area contributed by atoms with Crippen LogP contribution in [0.4, 0.5) is 0 Å². The van der Waals surface area contributed by atoms with E-state index in [-0.39, 0.29) is 10.8 Å². The number of hydrogen-bond donors (Lipinski definition) is 0. The van der Waals surface area contributed by atoms with Crippen molar-refractivity contribution in [2.75, 3.05) is 0 Å². The van der Waals surface area contributed by atoms with Crippen LogP contribution in [0, 0.1) is 0 Å². The third-order valence-corrected chi connectivity index (χ3v) is 11.3. The molecule has 0 bridgehead atoms. The van der Waals surface area contributed by atoms with Gasteiger partial charge in [0.25, 0.3) is 0 Å². The second kappa shape index (κ2) is 12.9. The van der Waals surface area contributed by atoms with Gasteiger partial charge in [-0.3, -0.25) is 0 Å². The lowest BCUT2D eigenvalue weighted by Gasteiger charge is -2.25. The van der Waals surface area contributed by atoms with Crippen molar-refractivity contribution in [3.63, 3.8) is 0 Å². The van der Waals surface area contributed by atoms with Gasteiger partial charge in [0.1, 0.15) is 0 Å². The van der Waals surface area contributed by atoms with Crippen LogP contribution < -0.4 is 0 Å². The van der Waals surface area contributed by atoms with Crippen molar-refractivity contribution < 1.29 is 0 Å². The highest BCUT2D eigenvalue weighted by Crippen LogP contribution is 2.47. The van der Waals surface area contributed by atoms with E-state index in [1.165, 1.54) is 98.7 Å². The number of rotatable bonds is 4. The van der Waals surface area contributed by atoms with E-state index in [0.717, 1.165) is 0 Å². The van der Waals surface area contributed by atoms with E-state index in [0.29, 0.717) is 0 Å². The Kier molecular flexibility index (Phi) is 8.05. The maximum Gasteiger partial charge on any atom is -0.00260 e. The van der Waals surface area contributed by atoms with Gasteiger partial charge in [-0.1, -0.05) is 181 Å². The van der Waals surface area contributed by atoms with E-state index in [1.54, 1.807) is 0 Å². The first-order valence-corrected chi connectivity index (χ1v) is 19.3. The molecule has 0 radical (unpaired) electrons. The molecule has 0 amide bonds. The fraction of sp³-hybridized carbons (Fsp3) is 0.148. The molecule has 0 aliphatic rings.